The van der Waals surface area contributed by atoms with Crippen molar-refractivity contribution in [1.29, 1.82) is 0 Å². The zero-order valence-electron chi connectivity index (χ0n) is 35.0. The van der Waals surface area contributed by atoms with Gasteiger partial charge in [0.2, 0.25) is 0 Å². The highest BCUT2D eigenvalue weighted by Crippen LogP contribution is 2.41. The summed E-state index contributed by atoms with van der Waals surface area (Å²) in [4.78, 5) is 51.5. The van der Waals surface area contributed by atoms with Gasteiger partial charge in [-0.2, -0.15) is 0 Å². The van der Waals surface area contributed by atoms with Crippen LogP contribution in [-0.2, 0) is 16.2 Å². The number of rotatable bonds is 2. The Hall–Kier alpha value is -6.59. The molecule has 8 aromatic rings. The van der Waals surface area contributed by atoms with Crippen LogP contribution in [0.2, 0.25) is 0 Å². The van der Waals surface area contributed by atoms with Crippen molar-refractivity contribution in [3.05, 3.63) is 106 Å². The minimum absolute atomic E-state index is 0.0947. The number of aromatic carboxylic acids is 1. The Morgan fingerprint density at radius 1 is 0.467 bits per heavy atom. The van der Waals surface area contributed by atoms with Crippen LogP contribution in [0, 0.1) is 0 Å². The van der Waals surface area contributed by atoms with Crippen LogP contribution in [0.4, 0.5) is 0 Å². The number of fused-ring (bicyclic) bond motifs is 20. The van der Waals surface area contributed by atoms with Crippen molar-refractivity contribution >= 4 is 61.4 Å². The molecule has 60 heavy (non-hydrogen) atoms. The highest BCUT2D eigenvalue weighted by atomic mass is 32.1. The molecule has 0 spiro atoms. The zero-order chi connectivity index (χ0) is 42.0. The van der Waals surface area contributed by atoms with E-state index in [1.807, 2.05) is 24.3 Å². The molecule has 8 bridgehead atoms. The number of nitrogens with zero attached hydrogens (tertiary/aromatic N) is 6. The molecule has 2 aliphatic heterocycles. The van der Waals surface area contributed by atoms with E-state index in [9.17, 15) is 9.90 Å². The maximum atomic E-state index is 11.8. The Morgan fingerprint density at radius 2 is 0.883 bits per heavy atom. The van der Waals surface area contributed by atoms with E-state index in [-0.39, 0.29) is 21.1 Å². The van der Waals surface area contributed by atoms with Crippen molar-refractivity contribution in [2.24, 2.45) is 0 Å². The summed E-state index contributed by atoms with van der Waals surface area (Å²) in [7, 11) is 0. The van der Waals surface area contributed by atoms with Gasteiger partial charge < -0.3 is 15.1 Å². The van der Waals surface area contributed by atoms with Gasteiger partial charge in [-0.05, 0) is 81.0 Å². The van der Waals surface area contributed by atoms with Gasteiger partial charge in [0, 0.05) is 48.7 Å². The van der Waals surface area contributed by atoms with Crippen molar-refractivity contribution in [2.45, 2.75) is 78.6 Å². The van der Waals surface area contributed by atoms with Gasteiger partial charge in [-0.1, -0.05) is 105 Å². The average molecular weight is 809 g/mol. The summed E-state index contributed by atoms with van der Waals surface area (Å²) in [6.45, 7) is 19.8. The van der Waals surface area contributed by atoms with Gasteiger partial charge in [0.15, 0.2) is 23.3 Å². The largest absolute Gasteiger partial charge is 0.477 e. The number of hydrogen-bond acceptors (Lipinski definition) is 8. The van der Waals surface area contributed by atoms with Crippen molar-refractivity contribution in [3.63, 3.8) is 0 Å². The SMILES string of the molecule is CC(C)(C)c1ccc2c(c1)-c1nc-2nc2[nH]c(nc3nc(nc4[nH]c(n1)c1ccc(-c5ccc(C(=O)O)s5)cc41)-c1ccc(C(C)(C)C)cc1-3)c1ccc(C(C)(C)C)cc21. The lowest BCUT2D eigenvalue weighted by Gasteiger charge is -2.19. The molecule has 2 aliphatic rings. The minimum atomic E-state index is -0.951. The second-order valence-electron chi connectivity index (χ2n) is 18.9. The first-order valence-corrected chi connectivity index (χ1v) is 20.9. The van der Waals surface area contributed by atoms with E-state index in [4.69, 9.17) is 29.9 Å². The lowest BCUT2D eigenvalue weighted by Crippen LogP contribution is -2.10. The molecule has 4 aromatic heterocycles. The van der Waals surface area contributed by atoms with Crippen LogP contribution in [0.3, 0.4) is 0 Å². The lowest BCUT2D eigenvalue weighted by atomic mass is 9.85. The molecule has 0 fully saturated rings. The van der Waals surface area contributed by atoms with E-state index in [1.54, 1.807) is 6.07 Å². The summed E-state index contributed by atoms with van der Waals surface area (Å²) < 4.78 is 0. The van der Waals surface area contributed by atoms with Crippen molar-refractivity contribution < 1.29 is 9.90 Å². The summed E-state index contributed by atoms with van der Waals surface area (Å²) in [5.74, 6) is 1.20. The van der Waals surface area contributed by atoms with Crippen LogP contribution in [0.15, 0.2) is 84.9 Å². The molecule has 6 heterocycles. The second kappa shape index (κ2) is 13.0. The van der Waals surface area contributed by atoms with Gasteiger partial charge in [0.1, 0.15) is 27.5 Å². The fourth-order valence-electron chi connectivity index (χ4n) is 7.95. The first kappa shape index (κ1) is 37.7. The fourth-order valence-corrected chi connectivity index (χ4v) is 8.80. The van der Waals surface area contributed by atoms with E-state index in [0.717, 1.165) is 65.4 Å². The first-order valence-electron chi connectivity index (χ1n) is 20.1. The molecule has 0 amide bonds. The third-order valence-corrected chi connectivity index (χ3v) is 12.7. The Labute approximate surface area is 350 Å². The topological polar surface area (TPSA) is 146 Å². The van der Waals surface area contributed by atoms with Crippen LogP contribution in [0.1, 0.15) is 88.7 Å². The van der Waals surface area contributed by atoms with E-state index >= 15 is 0 Å². The number of aromatic amines is 2. The molecule has 0 aliphatic carbocycles. The maximum Gasteiger partial charge on any atom is 0.345 e. The summed E-state index contributed by atoms with van der Waals surface area (Å²) >= 11 is 1.24. The average Bonchev–Trinajstić information content (AvgIpc) is 4.01. The van der Waals surface area contributed by atoms with Crippen LogP contribution >= 0.6 is 11.3 Å². The van der Waals surface area contributed by atoms with Gasteiger partial charge in [0.25, 0.3) is 0 Å². The normalized spacial score (nSPS) is 12.9. The Balaban J connectivity index is 1.36. The summed E-state index contributed by atoms with van der Waals surface area (Å²) in [5, 5.41) is 13.2. The van der Waals surface area contributed by atoms with Crippen LogP contribution in [-0.4, -0.2) is 50.9 Å². The number of carbonyl (C=O) groups is 1. The van der Waals surface area contributed by atoms with E-state index in [2.05, 4.69) is 127 Å². The number of aromatic nitrogens is 8. The van der Waals surface area contributed by atoms with Gasteiger partial charge in [-0.25, -0.2) is 34.7 Å². The molecule has 11 heteroatoms. The molecular weight excluding hydrogens is 765 g/mol. The molecule has 10 nitrogen and oxygen atoms in total. The lowest BCUT2D eigenvalue weighted by molar-refractivity contribution is 0.0702. The number of hydrogen-bond donors (Lipinski definition) is 3. The summed E-state index contributed by atoms with van der Waals surface area (Å²) in [5.41, 5.74) is 10.0. The monoisotopic (exact) mass is 808 g/mol. The van der Waals surface area contributed by atoms with Gasteiger partial charge in [-0.15, -0.1) is 11.3 Å². The Morgan fingerprint density at radius 3 is 1.35 bits per heavy atom. The Kier molecular flexibility index (Phi) is 8.13. The standard InChI is InChI=1S/C49H44N8O2S/c1-47(2,3)25-11-15-29-33(21-25)44-53-39(29)51-42-32-20-24(36-18-19-37(60-36)46(58)59)10-14-28(32)38(50-42)52-43-34-22-26(48(4,5)6)12-16-30(34)40(54-43)56-45-35-23-27(49(7,8)9)13-17-31(35)41(55-44)57-45/h10-23H,1-9H3,(H,58,59)(H2,50,51,52,53,54,55,56,57). The van der Waals surface area contributed by atoms with E-state index < -0.39 is 5.97 Å². The van der Waals surface area contributed by atoms with Crippen molar-refractivity contribution in [1.82, 2.24) is 39.9 Å². The molecule has 0 saturated carbocycles. The summed E-state index contributed by atoms with van der Waals surface area (Å²) in [6.07, 6.45) is 0. The molecule has 0 saturated heterocycles. The highest BCUT2D eigenvalue weighted by molar-refractivity contribution is 7.17. The third kappa shape index (κ3) is 6.26. The van der Waals surface area contributed by atoms with Crippen molar-refractivity contribution in [3.8, 4) is 56.0 Å². The predicted molar refractivity (Wildman–Crippen MR) is 242 cm³/mol. The van der Waals surface area contributed by atoms with Crippen LogP contribution < -0.4 is 0 Å². The highest BCUT2D eigenvalue weighted by Gasteiger charge is 2.27. The van der Waals surface area contributed by atoms with E-state index in [0.29, 0.717) is 45.9 Å². The number of nitrogens with one attached hydrogen (secondary N) is 2. The number of benzene rings is 4. The van der Waals surface area contributed by atoms with Gasteiger partial charge >= 0.3 is 5.97 Å². The molecule has 3 N–H and O–H groups in total. The first-order chi connectivity index (χ1) is 28.4. The second-order valence-corrected chi connectivity index (χ2v) is 20.0. The number of carboxylic acids is 1. The molecule has 0 atom stereocenters. The molecule has 10 rings (SSSR count). The smallest absolute Gasteiger partial charge is 0.345 e. The number of H-pyrrole nitrogens is 2. The molecule has 4 aromatic carbocycles. The van der Waals surface area contributed by atoms with Gasteiger partial charge in [0.05, 0.1) is 0 Å². The Bertz CT molecular complexity index is 3290. The van der Waals surface area contributed by atoms with Crippen LogP contribution in [0.5, 0.6) is 0 Å². The fraction of sp³-hybridized carbons (Fsp3) is 0.245. The minimum Gasteiger partial charge on any atom is -0.477 e. The number of carboxylic acid groups (broad SMARTS) is 1. The predicted octanol–water partition coefficient (Wildman–Crippen LogP) is 12.2. The maximum absolute atomic E-state index is 11.8. The zero-order valence-corrected chi connectivity index (χ0v) is 35.8. The molecule has 0 unspecified atom stereocenters. The molecule has 298 valence electrons. The number of thiophene rings is 1. The third-order valence-electron chi connectivity index (χ3n) is 11.5. The molecule has 0 radical (unpaired) electrons. The van der Waals surface area contributed by atoms with Crippen molar-refractivity contribution in [2.75, 3.05) is 0 Å². The molecular formula is C49H44N8O2S. The van der Waals surface area contributed by atoms with Gasteiger partial charge in [-0.3, -0.25) is 0 Å². The summed E-state index contributed by atoms with van der Waals surface area (Å²) in [6, 6.07) is 28.9. The quantitative estimate of drug-likeness (QED) is 0.156. The van der Waals surface area contributed by atoms with Crippen LogP contribution in [0.25, 0.3) is 100 Å². The van der Waals surface area contributed by atoms with E-state index in [1.165, 1.54) is 16.9 Å².